The largest absolute Gasteiger partial charge is 0.419 e. The van der Waals surface area contributed by atoms with Crippen molar-refractivity contribution in [2.24, 2.45) is 0 Å². The van der Waals surface area contributed by atoms with E-state index in [-0.39, 0.29) is 0 Å². The summed E-state index contributed by atoms with van der Waals surface area (Å²) in [5.41, 5.74) is 0.977. The molecule has 0 N–H and O–H groups in total. The van der Waals surface area contributed by atoms with Crippen LogP contribution in [0.2, 0.25) is 0 Å². The summed E-state index contributed by atoms with van der Waals surface area (Å²) in [6, 6.07) is 13.5. The number of aromatic nitrogens is 4. The van der Waals surface area contributed by atoms with Crippen LogP contribution in [0.15, 0.2) is 48.7 Å². The summed E-state index contributed by atoms with van der Waals surface area (Å²) in [6.07, 6.45) is 1.85. The smallest absolute Gasteiger partial charge is 0.240 e. The van der Waals surface area contributed by atoms with Gasteiger partial charge >= 0.3 is 0 Å². The first-order valence-electron chi connectivity index (χ1n) is 6.94. The Bertz CT molecular complexity index is 767. The zero-order valence-corrected chi connectivity index (χ0v) is 12.8. The third-order valence-electron chi connectivity index (χ3n) is 3.05. The van der Waals surface area contributed by atoms with Gasteiger partial charge in [0.05, 0.1) is 5.69 Å². The summed E-state index contributed by atoms with van der Waals surface area (Å²) >= 11 is 0. The van der Waals surface area contributed by atoms with Gasteiger partial charge in [0.2, 0.25) is 11.8 Å². The van der Waals surface area contributed by atoms with Gasteiger partial charge in [-0.05, 0) is 19.1 Å². The lowest BCUT2D eigenvalue weighted by Gasteiger charge is -2.12. The van der Waals surface area contributed by atoms with E-state index >= 15 is 0 Å². The van der Waals surface area contributed by atoms with Gasteiger partial charge in [0.15, 0.2) is 0 Å². The first kappa shape index (κ1) is 14.1. The molecule has 0 unspecified atom stereocenters. The molecule has 0 bridgehead atoms. The quantitative estimate of drug-likeness (QED) is 0.741. The normalized spacial score (nSPS) is 10.5. The van der Waals surface area contributed by atoms with E-state index in [1.165, 1.54) is 0 Å². The maximum atomic E-state index is 5.74. The van der Waals surface area contributed by atoms with Gasteiger partial charge < -0.3 is 9.64 Å². The van der Waals surface area contributed by atoms with Gasteiger partial charge in [-0.2, -0.15) is 4.98 Å². The molecule has 3 aromatic rings. The van der Waals surface area contributed by atoms with Crippen LogP contribution >= 0.6 is 0 Å². The molecule has 0 spiro atoms. The van der Waals surface area contributed by atoms with Crippen LogP contribution in [-0.2, 0) is 0 Å². The molecule has 0 aliphatic rings. The Balaban J connectivity index is 1.84. The highest BCUT2D eigenvalue weighted by molar-refractivity contribution is 5.41. The third kappa shape index (κ3) is 3.06. The second-order valence-electron chi connectivity index (χ2n) is 5.04. The van der Waals surface area contributed by atoms with E-state index < -0.39 is 0 Å². The monoisotopic (exact) mass is 295 g/mol. The average molecular weight is 295 g/mol. The minimum atomic E-state index is 0.481. The number of para-hydroxylation sites is 1. The summed E-state index contributed by atoms with van der Waals surface area (Å²) in [4.78, 5) is 10.5. The zero-order chi connectivity index (χ0) is 15.5. The van der Waals surface area contributed by atoms with Gasteiger partial charge in [0.25, 0.3) is 0 Å². The van der Waals surface area contributed by atoms with Gasteiger partial charge in [-0.1, -0.05) is 18.2 Å². The molecule has 0 radical (unpaired) electrons. The van der Waals surface area contributed by atoms with Crippen LogP contribution < -0.4 is 9.64 Å². The molecule has 0 saturated carbocycles. The van der Waals surface area contributed by atoms with Crippen molar-refractivity contribution in [1.82, 2.24) is 19.7 Å². The molecule has 0 fully saturated rings. The Morgan fingerprint density at radius 1 is 1.00 bits per heavy atom. The lowest BCUT2D eigenvalue weighted by atomic mass is 10.3. The van der Waals surface area contributed by atoms with Crippen LogP contribution in [-0.4, -0.2) is 33.8 Å². The molecule has 1 aromatic carbocycles. The third-order valence-corrected chi connectivity index (χ3v) is 3.05. The van der Waals surface area contributed by atoms with E-state index in [4.69, 9.17) is 4.74 Å². The molecule has 2 aromatic heterocycles. The summed E-state index contributed by atoms with van der Waals surface area (Å²) in [5.74, 6) is 2.43. The summed E-state index contributed by atoms with van der Waals surface area (Å²) < 4.78 is 7.50. The van der Waals surface area contributed by atoms with Gasteiger partial charge in [-0.25, -0.2) is 9.67 Å². The second kappa shape index (κ2) is 5.85. The predicted molar refractivity (Wildman–Crippen MR) is 84.7 cm³/mol. The Morgan fingerprint density at radius 2 is 1.77 bits per heavy atom. The molecule has 6 nitrogen and oxygen atoms in total. The molecule has 0 aliphatic carbocycles. The minimum absolute atomic E-state index is 0.481. The lowest BCUT2D eigenvalue weighted by Crippen LogP contribution is -2.12. The van der Waals surface area contributed by atoms with Crippen LogP contribution in [0.4, 0.5) is 5.82 Å². The SMILES string of the molecule is Cc1nc(Oc2ccn(-c3ccccc3)n2)cc(N(C)C)n1. The first-order valence-corrected chi connectivity index (χ1v) is 6.94. The number of nitrogens with zero attached hydrogens (tertiary/aromatic N) is 5. The molecule has 22 heavy (non-hydrogen) atoms. The van der Waals surface area contributed by atoms with Gasteiger partial charge in [0.1, 0.15) is 11.6 Å². The molecular weight excluding hydrogens is 278 g/mol. The van der Waals surface area contributed by atoms with Crippen molar-refractivity contribution in [1.29, 1.82) is 0 Å². The average Bonchev–Trinajstić information content (AvgIpc) is 2.96. The molecule has 3 rings (SSSR count). The first-order chi connectivity index (χ1) is 10.6. The summed E-state index contributed by atoms with van der Waals surface area (Å²) in [7, 11) is 3.85. The van der Waals surface area contributed by atoms with Crippen molar-refractivity contribution >= 4 is 5.82 Å². The van der Waals surface area contributed by atoms with Crippen LogP contribution in [0.1, 0.15) is 5.82 Å². The highest BCUT2D eigenvalue weighted by Crippen LogP contribution is 2.21. The second-order valence-corrected chi connectivity index (χ2v) is 5.04. The fourth-order valence-electron chi connectivity index (χ4n) is 2.00. The Morgan fingerprint density at radius 3 is 2.50 bits per heavy atom. The number of aryl methyl sites for hydroxylation is 1. The van der Waals surface area contributed by atoms with E-state index in [1.54, 1.807) is 16.8 Å². The van der Waals surface area contributed by atoms with E-state index in [9.17, 15) is 0 Å². The van der Waals surface area contributed by atoms with Crippen LogP contribution in [0.25, 0.3) is 5.69 Å². The predicted octanol–water partition coefficient (Wildman–Crippen LogP) is 2.83. The number of anilines is 1. The van der Waals surface area contributed by atoms with Crippen LogP contribution in [0, 0.1) is 6.92 Å². The lowest BCUT2D eigenvalue weighted by molar-refractivity contribution is 0.437. The molecular formula is C16H17N5O. The van der Waals surface area contributed by atoms with Crippen molar-refractivity contribution in [3.63, 3.8) is 0 Å². The molecule has 6 heteroatoms. The Labute approximate surface area is 129 Å². The van der Waals surface area contributed by atoms with Crippen LogP contribution in [0.3, 0.4) is 0 Å². The standard InChI is InChI=1S/C16H17N5O/c1-12-17-14(20(2)3)11-16(18-12)22-15-9-10-21(19-15)13-7-5-4-6-8-13/h4-11H,1-3H3. The maximum Gasteiger partial charge on any atom is 0.240 e. The van der Waals surface area contributed by atoms with E-state index in [0.29, 0.717) is 17.6 Å². The molecule has 0 saturated heterocycles. The molecule has 0 aliphatic heterocycles. The topological polar surface area (TPSA) is 56.1 Å². The minimum Gasteiger partial charge on any atom is -0.419 e. The van der Waals surface area contributed by atoms with Crippen LogP contribution in [0.5, 0.6) is 11.8 Å². The molecule has 0 amide bonds. The molecule has 0 atom stereocenters. The molecule has 112 valence electrons. The fraction of sp³-hybridized carbons (Fsp3) is 0.188. The highest BCUT2D eigenvalue weighted by atomic mass is 16.5. The zero-order valence-electron chi connectivity index (χ0n) is 12.8. The summed E-state index contributed by atoms with van der Waals surface area (Å²) in [6.45, 7) is 1.84. The highest BCUT2D eigenvalue weighted by Gasteiger charge is 2.08. The number of benzene rings is 1. The summed E-state index contributed by atoms with van der Waals surface area (Å²) in [5, 5.41) is 4.40. The van der Waals surface area contributed by atoms with Gasteiger partial charge in [-0.3, -0.25) is 0 Å². The van der Waals surface area contributed by atoms with Crippen molar-refractivity contribution < 1.29 is 4.74 Å². The van der Waals surface area contributed by atoms with Gasteiger partial charge in [0, 0.05) is 32.4 Å². The van der Waals surface area contributed by atoms with Crippen molar-refractivity contribution in [2.45, 2.75) is 6.92 Å². The molecule has 2 heterocycles. The van der Waals surface area contributed by atoms with Crippen molar-refractivity contribution in [2.75, 3.05) is 19.0 Å². The van der Waals surface area contributed by atoms with Crippen molar-refractivity contribution in [3.8, 4) is 17.4 Å². The van der Waals surface area contributed by atoms with Crippen molar-refractivity contribution in [3.05, 3.63) is 54.5 Å². The number of hydrogen-bond acceptors (Lipinski definition) is 5. The Hall–Kier alpha value is -2.89. The number of rotatable bonds is 4. The number of hydrogen-bond donors (Lipinski definition) is 0. The maximum absolute atomic E-state index is 5.74. The Kier molecular flexibility index (Phi) is 3.74. The fourth-order valence-corrected chi connectivity index (χ4v) is 2.00. The van der Waals surface area contributed by atoms with E-state index in [1.807, 2.05) is 62.4 Å². The van der Waals surface area contributed by atoms with E-state index in [0.717, 1.165) is 11.5 Å². The number of ether oxygens (including phenoxy) is 1. The van der Waals surface area contributed by atoms with E-state index in [2.05, 4.69) is 15.1 Å². The van der Waals surface area contributed by atoms with Gasteiger partial charge in [-0.15, -0.1) is 5.10 Å².